The second kappa shape index (κ2) is 4.81. The van der Waals surface area contributed by atoms with Gasteiger partial charge in [-0.05, 0) is 31.4 Å². The molecule has 0 aromatic heterocycles. The second-order valence-electron chi connectivity index (χ2n) is 5.75. The molecule has 17 heavy (non-hydrogen) atoms. The van der Waals surface area contributed by atoms with Gasteiger partial charge in [-0.3, -0.25) is 10.1 Å². The van der Waals surface area contributed by atoms with E-state index in [1.165, 1.54) is 0 Å². The van der Waals surface area contributed by atoms with E-state index >= 15 is 0 Å². The minimum Gasteiger partial charge on any atom is -0.325 e. The minimum absolute atomic E-state index is 0.155. The number of hydrogen-bond donors (Lipinski definition) is 1. The first-order valence-electron chi connectivity index (χ1n) is 6.62. The summed E-state index contributed by atoms with van der Waals surface area (Å²) >= 11 is 1.88. The van der Waals surface area contributed by atoms with Crippen LogP contribution >= 0.6 is 11.8 Å². The maximum atomic E-state index is 12.4. The summed E-state index contributed by atoms with van der Waals surface area (Å²) in [7, 11) is 0. The third-order valence-corrected chi connectivity index (χ3v) is 5.03. The van der Waals surface area contributed by atoms with E-state index in [9.17, 15) is 4.79 Å². The van der Waals surface area contributed by atoms with Crippen LogP contribution in [0.2, 0.25) is 0 Å². The molecule has 1 N–H and O–H groups in total. The average Bonchev–Trinajstić information content (AvgIpc) is 3.01. The van der Waals surface area contributed by atoms with Gasteiger partial charge < -0.3 is 4.90 Å². The van der Waals surface area contributed by atoms with Gasteiger partial charge in [0.2, 0.25) is 5.91 Å². The van der Waals surface area contributed by atoms with Crippen molar-refractivity contribution in [3.63, 3.8) is 0 Å². The summed E-state index contributed by atoms with van der Waals surface area (Å²) in [6.45, 7) is 7.52. The van der Waals surface area contributed by atoms with Gasteiger partial charge in [-0.2, -0.15) is 11.8 Å². The maximum Gasteiger partial charge on any atom is 0.244 e. The fourth-order valence-electron chi connectivity index (χ4n) is 2.51. The summed E-state index contributed by atoms with van der Waals surface area (Å²) in [4.78, 5) is 14.4. The molecule has 1 heterocycles. The molecule has 0 radical (unpaired) electrons. The van der Waals surface area contributed by atoms with E-state index in [2.05, 4.69) is 37.2 Å². The summed E-state index contributed by atoms with van der Waals surface area (Å²) < 4.78 is 0. The van der Waals surface area contributed by atoms with Crippen molar-refractivity contribution in [2.75, 3.05) is 12.8 Å². The van der Waals surface area contributed by atoms with Crippen LogP contribution in [0.4, 0.5) is 0 Å². The van der Waals surface area contributed by atoms with E-state index in [1.807, 2.05) is 11.8 Å². The highest BCUT2D eigenvalue weighted by atomic mass is 32.2. The summed E-state index contributed by atoms with van der Waals surface area (Å²) in [5.74, 6) is 0.841. The summed E-state index contributed by atoms with van der Waals surface area (Å²) in [5, 5.41) is 4.18. The Hall–Kier alpha value is -0.220. The monoisotopic (exact) mass is 256 g/mol. The second-order valence-corrected chi connectivity index (χ2v) is 7.02. The van der Waals surface area contributed by atoms with Crippen LogP contribution in [0.1, 0.15) is 40.0 Å². The van der Waals surface area contributed by atoms with Crippen molar-refractivity contribution in [2.24, 2.45) is 5.92 Å². The Balaban J connectivity index is 1.99. The lowest BCUT2D eigenvalue weighted by Gasteiger charge is -2.28. The minimum atomic E-state index is -0.155. The van der Waals surface area contributed by atoms with Crippen LogP contribution in [0.25, 0.3) is 0 Å². The molecule has 1 saturated carbocycles. The molecule has 1 aliphatic carbocycles. The van der Waals surface area contributed by atoms with E-state index in [4.69, 9.17) is 0 Å². The predicted octanol–water partition coefficient (Wildman–Crippen LogP) is 2.07. The Morgan fingerprint density at radius 2 is 2.12 bits per heavy atom. The Bertz CT molecular complexity index is 302. The van der Waals surface area contributed by atoms with E-state index in [1.54, 1.807) is 0 Å². The van der Waals surface area contributed by atoms with Gasteiger partial charge in [-0.25, -0.2) is 0 Å². The third-order valence-electron chi connectivity index (χ3n) is 3.99. The molecular formula is C13H24N2OS. The van der Waals surface area contributed by atoms with Gasteiger partial charge in [-0.15, -0.1) is 0 Å². The van der Waals surface area contributed by atoms with Crippen molar-refractivity contribution in [3.8, 4) is 0 Å². The SMILES string of the molecule is CSC(C)CCN1C(=O)C2(CC2)NC1C(C)C. The van der Waals surface area contributed by atoms with Crippen LogP contribution in [0.3, 0.4) is 0 Å². The number of amides is 1. The highest BCUT2D eigenvalue weighted by Gasteiger charge is 2.59. The smallest absolute Gasteiger partial charge is 0.244 e. The number of carbonyl (C=O) groups excluding carboxylic acids is 1. The molecule has 4 heteroatoms. The van der Waals surface area contributed by atoms with Crippen molar-refractivity contribution in [1.82, 2.24) is 10.2 Å². The van der Waals surface area contributed by atoms with Crippen LogP contribution in [0.15, 0.2) is 0 Å². The first kappa shape index (κ1) is 13.2. The molecule has 0 bridgehead atoms. The van der Waals surface area contributed by atoms with Crippen molar-refractivity contribution in [1.29, 1.82) is 0 Å². The van der Waals surface area contributed by atoms with Crippen molar-refractivity contribution >= 4 is 17.7 Å². The summed E-state index contributed by atoms with van der Waals surface area (Å²) in [6, 6.07) is 0. The lowest BCUT2D eigenvalue weighted by molar-refractivity contribution is -0.131. The normalized spacial score (nSPS) is 28.2. The molecule has 98 valence electrons. The van der Waals surface area contributed by atoms with E-state index < -0.39 is 0 Å². The summed E-state index contributed by atoms with van der Waals surface area (Å²) in [5.41, 5.74) is -0.155. The van der Waals surface area contributed by atoms with Gasteiger partial charge in [0.05, 0.1) is 11.7 Å². The Labute approximate surface area is 109 Å². The van der Waals surface area contributed by atoms with Gasteiger partial charge in [0, 0.05) is 11.8 Å². The van der Waals surface area contributed by atoms with Gasteiger partial charge >= 0.3 is 0 Å². The number of thioether (sulfide) groups is 1. The van der Waals surface area contributed by atoms with Crippen LogP contribution in [-0.2, 0) is 4.79 Å². The molecule has 0 aromatic rings. The zero-order valence-corrected chi connectivity index (χ0v) is 12.1. The predicted molar refractivity (Wildman–Crippen MR) is 73.0 cm³/mol. The Morgan fingerprint density at radius 1 is 1.47 bits per heavy atom. The molecule has 2 rings (SSSR count). The van der Waals surface area contributed by atoms with Gasteiger partial charge in [-0.1, -0.05) is 20.8 Å². The fourth-order valence-corrected chi connectivity index (χ4v) is 2.85. The lowest BCUT2D eigenvalue weighted by Crippen LogP contribution is -2.42. The molecule has 1 aliphatic heterocycles. The van der Waals surface area contributed by atoms with Crippen LogP contribution in [0, 0.1) is 5.92 Å². The van der Waals surface area contributed by atoms with Gasteiger partial charge in [0.1, 0.15) is 0 Å². The number of rotatable bonds is 5. The summed E-state index contributed by atoms with van der Waals surface area (Å²) in [6.07, 6.45) is 5.54. The molecule has 2 fully saturated rings. The van der Waals surface area contributed by atoms with Crippen molar-refractivity contribution in [3.05, 3.63) is 0 Å². The quantitative estimate of drug-likeness (QED) is 0.817. The Kier molecular flexibility index (Phi) is 3.74. The van der Waals surface area contributed by atoms with Crippen molar-refractivity contribution in [2.45, 2.75) is 57.0 Å². The molecule has 2 aliphatic rings. The molecular weight excluding hydrogens is 232 g/mol. The number of carbonyl (C=O) groups is 1. The molecule has 2 unspecified atom stereocenters. The largest absolute Gasteiger partial charge is 0.325 e. The topological polar surface area (TPSA) is 32.3 Å². The molecule has 1 spiro atoms. The lowest BCUT2D eigenvalue weighted by atomic mass is 10.1. The highest BCUT2D eigenvalue weighted by Crippen LogP contribution is 2.43. The van der Waals surface area contributed by atoms with Crippen LogP contribution < -0.4 is 5.32 Å². The first-order chi connectivity index (χ1) is 8.00. The van der Waals surface area contributed by atoms with Crippen molar-refractivity contribution < 1.29 is 4.79 Å². The van der Waals surface area contributed by atoms with Gasteiger partial charge in [0.15, 0.2) is 0 Å². The maximum absolute atomic E-state index is 12.4. The van der Waals surface area contributed by atoms with E-state index in [0.29, 0.717) is 17.1 Å². The van der Waals surface area contributed by atoms with Crippen LogP contribution in [0.5, 0.6) is 0 Å². The Morgan fingerprint density at radius 3 is 2.59 bits per heavy atom. The van der Waals surface area contributed by atoms with E-state index in [-0.39, 0.29) is 11.7 Å². The fraction of sp³-hybridized carbons (Fsp3) is 0.923. The molecule has 1 saturated heterocycles. The zero-order chi connectivity index (χ0) is 12.6. The molecule has 0 aromatic carbocycles. The molecule has 2 atom stereocenters. The first-order valence-corrected chi connectivity index (χ1v) is 7.90. The molecule has 3 nitrogen and oxygen atoms in total. The standard InChI is InChI=1S/C13H24N2OS/c1-9(2)11-14-13(6-7-13)12(16)15(11)8-5-10(3)17-4/h9-11,14H,5-8H2,1-4H3. The molecule has 1 amide bonds. The third kappa shape index (κ3) is 2.48. The van der Waals surface area contributed by atoms with Gasteiger partial charge in [0.25, 0.3) is 0 Å². The number of nitrogens with zero attached hydrogens (tertiary/aromatic N) is 1. The average molecular weight is 256 g/mol. The zero-order valence-electron chi connectivity index (χ0n) is 11.3. The highest BCUT2D eigenvalue weighted by molar-refractivity contribution is 7.99. The number of hydrogen-bond acceptors (Lipinski definition) is 3. The number of nitrogens with one attached hydrogen (secondary N) is 1. The van der Waals surface area contributed by atoms with E-state index in [0.717, 1.165) is 25.8 Å². The van der Waals surface area contributed by atoms with Crippen LogP contribution in [-0.4, -0.2) is 40.6 Å².